The van der Waals surface area contributed by atoms with E-state index in [1.165, 1.54) is 50.7 Å². The fraction of sp³-hybridized carbons (Fsp3) is 1.00. The molecule has 0 bridgehead atoms. The van der Waals surface area contributed by atoms with Gasteiger partial charge in [0.2, 0.25) is 0 Å². The SMILES string of the molecule is CC(C)CCCC(CSC1CCCC1)NN. The maximum absolute atomic E-state index is 5.61. The Labute approximate surface area is 105 Å². The van der Waals surface area contributed by atoms with E-state index in [4.69, 9.17) is 5.84 Å². The average Bonchev–Trinajstić information content (AvgIpc) is 2.75. The predicted molar refractivity (Wildman–Crippen MR) is 74.5 cm³/mol. The maximum atomic E-state index is 5.61. The van der Waals surface area contributed by atoms with E-state index in [0.29, 0.717) is 6.04 Å². The van der Waals surface area contributed by atoms with E-state index in [-0.39, 0.29) is 0 Å². The summed E-state index contributed by atoms with van der Waals surface area (Å²) in [7, 11) is 0. The summed E-state index contributed by atoms with van der Waals surface area (Å²) in [4.78, 5) is 0. The van der Waals surface area contributed by atoms with Crippen molar-refractivity contribution in [1.82, 2.24) is 5.43 Å². The minimum Gasteiger partial charge on any atom is -0.271 e. The van der Waals surface area contributed by atoms with Gasteiger partial charge in [0.15, 0.2) is 0 Å². The van der Waals surface area contributed by atoms with Gasteiger partial charge in [-0.15, -0.1) is 0 Å². The van der Waals surface area contributed by atoms with Gasteiger partial charge < -0.3 is 0 Å². The first-order valence-corrected chi connectivity index (χ1v) is 7.85. The summed E-state index contributed by atoms with van der Waals surface area (Å²) in [6.07, 6.45) is 9.58. The highest BCUT2D eigenvalue weighted by Crippen LogP contribution is 2.30. The molecule has 3 N–H and O–H groups in total. The third-order valence-corrected chi connectivity index (χ3v) is 4.94. The lowest BCUT2D eigenvalue weighted by atomic mass is 10.0. The van der Waals surface area contributed by atoms with Crippen LogP contribution in [0.25, 0.3) is 0 Å². The highest BCUT2D eigenvalue weighted by Gasteiger charge is 2.17. The fourth-order valence-corrected chi connectivity index (χ4v) is 3.73. The van der Waals surface area contributed by atoms with Crippen molar-refractivity contribution in [3.63, 3.8) is 0 Å². The van der Waals surface area contributed by atoms with Gasteiger partial charge in [-0.3, -0.25) is 11.3 Å². The lowest BCUT2D eigenvalue weighted by molar-refractivity contribution is 0.469. The summed E-state index contributed by atoms with van der Waals surface area (Å²) >= 11 is 2.13. The van der Waals surface area contributed by atoms with Crippen LogP contribution in [0.1, 0.15) is 58.8 Å². The van der Waals surface area contributed by atoms with Crippen LogP contribution in [0.15, 0.2) is 0 Å². The van der Waals surface area contributed by atoms with Crippen LogP contribution in [0.5, 0.6) is 0 Å². The lowest BCUT2D eigenvalue weighted by Gasteiger charge is -2.18. The first kappa shape index (κ1) is 14.3. The van der Waals surface area contributed by atoms with Crippen LogP contribution < -0.4 is 11.3 Å². The van der Waals surface area contributed by atoms with Crippen LogP contribution in [0, 0.1) is 5.92 Å². The Morgan fingerprint density at radius 1 is 1.25 bits per heavy atom. The van der Waals surface area contributed by atoms with Crippen LogP contribution in [0.3, 0.4) is 0 Å². The smallest absolute Gasteiger partial charge is 0.0301 e. The molecule has 96 valence electrons. The zero-order valence-electron chi connectivity index (χ0n) is 10.9. The number of thioether (sulfide) groups is 1. The first-order chi connectivity index (χ1) is 7.72. The average molecular weight is 244 g/mol. The Balaban J connectivity index is 2.05. The fourth-order valence-electron chi connectivity index (χ4n) is 2.29. The lowest BCUT2D eigenvalue weighted by Crippen LogP contribution is -2.37. The van der Waals surface area contributed by atoms with Gasteiger partial charge in [0.25, 0.3) is 0 Å². The third-order valence-electron chi connectivity index (χ3n) is 3.41. The quantitative estimate of drug-likeness (QED) is 0.508. The van der Waals surface area contributed by atoms with Crippen molar-refractivity contribution in [3.05, 3.63) is 0 Å². The molecule has 1 saturated carbocycles. The molecular formula is C13H28N2S. The van der Waals surface area contributed by atoms with Gasteiger partial charge in [-0.2, -0.15) is 11.8 Å². The summed E-state index contributed by atoms with van der Waals surface area (Å²) in [5.41, 5.74) is 2.98. The van der Waals surface area contributed by atoms with Crippen molar-refractivity contribution in [2.24, 2.45) is 11.8 Å². The number of hydrogen-bond donors (Lipinski definition) is 2. The molecule has 1 rings (SSSR count). The molecule has 1 fully saturated rings. The van der Waals surface area contributed by atoms with Gasteiger partial charge in [0.1, 0.15) is 0 Å². The van der Waals surface area contributed by atoms with Crippen LogP contribution in [0.2, 0.25) is 0 Å². The molecule has 0 spiro atoms. The Hall–Kier alpha value is 0.270. The topological polar surface area (TPSA) is 38.0 Å². The highest BCUT2D eigenvalue weighted by atomic mass is 32.2. The van der Waals surface area contributed by atoms with Crippen LogP contribution in [-0.2, 0) is 0 Å². The van der Waals surface area contributed by atoms with Gasteiger partial charge in [-0.1, -0.05) is 39.5 Å². The Morgan fingerprint density at radius 2 is 1.94 bits per heavy atom. The molecule has 0 aromatic heterocycles. The van der Waals surface area contributed by atoms with Crippen molar-refractivity contribution >= 4 is 11.8 Å². The second kappa shape index (κ2) is 8.37. The van der Waals surface area contributed by atoms with Gasteiger partial charge >= 0.3 is 0 Å². The summed E-state index contributed by atoms with van der Waals surface area (Å²) in [6, 6.07) is 0.518. The van der Waals surface area contributed by atoms with Crippen LogP contribution in [0.4, 0.5) is 0 Å². The van der Waals surface area contributed by atoms with Crippen molar-refractivity contribution in [2.45, 2.75) is 70.1 Å². The zero-order valence-corrected chi connectivity index (χ0v) is 11.7. The predicted octanol–water partition coefficient (Wildman–Crippen LogP) is 3.32. The molecule has 1 unspecified atom stereocenters. The molecule has 0 aliphatic heterocycles. The van der Waals surface area contributed by atoms with E-state index in [9.17, 15) is 0 Å². The van der Waals surface area contributed by atoms with Gasteiger partial charge in [0.05, 0.1) is 0 Å². The molecule has 0 aromatic rings. The van der Waals surface area contributed by atoms with Crippen LogP contribution in [-0.4, -0.2) is 17.0 Å². The second-order valence-corrected chi connectivity index (χ2v) is 6.76. The minimum absolute atomic E-state index is 0.518. The number of hydrogen-bond acceptors (Lipinski definition) is 3. The molecule has 0 radical (unpaired) electrons. The molecule has 16 heavy (non-hydrogen) atoms. The number of nitrogens with two attached hydrogens (primary N) is 1. The van der Waals surface area contributed by atoms with E-state index < -0.39 is 0 Å². The van der Waals surface area contributed by atoms with E-state index in [1.807, 2.05) is 0 Å². The van der Waals surface area contributed by atoms with Crippen molar-refractivity contribution in [3.8, 4) is 0 Å². The molecule has 0 heterocycles. The molecular weight excluding hydrogens is 216 g/mol. The molecule has 1 aliphatic carbocycles. The molecule has 0 saturated heterocycles. The maximum Gasteiger partial charge on any atom is 0.0301 e. The monoisotopic (exact) mass is 244 g/mol. The number of hydrazine groups is 1. The number of rotatable bonds is 8. The van der Waals surface area contributed by atoms with Crippen LogP contribution >= 0.6 is 11.8 Å². The minimum atomic E-state index is 0.518. The van der Waals surface area contributed by atoms with Crippen molar-refractivity contribution in [2.75, 3.05) is 5.75 Å². The normalized spacial score (nSPS) is 19.5. The Morgan fingerprint density at radius 3 is 2.50 bits per heavy atom. The third kappa shape index (κ3) is 6.12. The van der Waals surface area contributed by atoms with Crippen molar-refractivity contribution in [1.29, 1.82) is 0 Å². The summed E-state index contributed by atoms with van der Waals surface area (Å²) in [5, 5.41) is 0.918. The standard InChI is InChI=1S/C13H28N2S/c1-11(2)6-5-7-12(15-14)10-16-13-8-3-4-9-13/h11-13,15H,3-10,14H2,1-2H3. The summed E-state index contributed by atoms with van der Waals surface area (Å²) < 4.78 is 0. The number of nitrogens with one attached hydrogen (secondary N) is 1. The molecule has 2 nitrogen and oxygen atoms in total. The van der Waals surface area contributed by atoms with Gasteiger partial charge in [0, 0.05) is 17.0 Å². The van der Waals surface area contributed by atoms with Crippen molar-refractivity contribution < 1.29 is 0 Å². The molecule has 1 atom stereocenters. The largest absolute Gasteiger partial charge is 0.271 e. The molecule has 0 aromatic carbocycles. The van der Waals surface area contributed by atoms with Gasteiger partial charge in [-0.05, 0) is 25.2 Å². The van der Waals surface area contributed by atoms with E-state index in [1.54, 1.807) is 0 Å². The Bertz CT molecular complexity index is 167. The summed E-state index contributed by atoms with van der Waals surface area (Å²) in [5.74, 6) is 7.63. The Kier molecular flexibility index (Phi) is 7.50. The molecule has 1 aliphatic rings. The molecule has 3 heteroatoms. The summed E-state index contributed by atoms with van der Waals surface area (Å²) in [6.45, 7) is 4.58. The highest BCUT2D eigenvalue weighted by molar-refractivity contribution is 7.99. The molecule has 0 amide bonds. The second-order valence-electron chi connectivity index (χ2n) is 5.43. The van der Waals surface area contributed by atoms with E-state index >= 15 is 0 Å². The first-order valence-electron chi connectivity index (χ1n) is 6.80. The van der Waals surface area contributed by atoms with Gasteiger partial charge in [-0.25, -0.2) is 0 Å². The zero-order chi connectivity index (χ0) is 11.8. The van der Waals surface area contributed by atoms with E-state index in [2.05, 4.69) is 31.0 Å². The van der Waals surface area contributed by atoms with E-state index in [0.717, 1.165) is 11.2 Å².